The zero-order chi connectivity index (χ0) is 12.8. The number of pyridine rings is 1. The minimum Gasteiger partial charge on any atom is -0.271 e. The highest BCUT2D eigenvalue weighted by atomic mass is 15.2. The maximum atomic E-state index is 5.66. The SMILES string of the molecule is CCCc1ccc(C(NN)c2ccncc2)cc1. The van der Waals surface area contributed by atoms with Gasteiger partial charge in [-0.3, -0.25) is 10.8 Å². The maximum absolute atomic E-state index is 5.66. The van der Waals surface area contributed by atoms with Gasteiger partial charge in [-0.05, 0) is 35.2 Å². The Morgan fingerprint density at radius 2 is 1.67 bits per heavy atom. The first-order chi connectivity index (χ1) is 8.85. The van der Waals surface area contributed by atoms with Crippen molar-refractivity contribution in [3.8, 4) is 0 Å². The first kappa shape index (κ1) is 12.7. The summed E-state index contributed by atoms with van der Waals surface area (Å²) < 4.78 is 0. The topological polar surface area (TPSA) is 50.9 Å². The predicted molar refractivity (Wildman–Crippen MR) is 73.8 cm³/mol. The van der Waals surface area contributed by atoms with E-state index in [-0.39, 0.29) is 6.04 Å². The van der Waals surface area contributed by atoms with Gasteiger partial charge >= 0.3 is 0 Å². The number of hydrogen-bond acceptors (Lipinski definition) is 3. The van der Waals surface area contributed by atoms with E-state index in [4.69, 9.17) is 5.84 Å². The van der Waals surface area contributed by atoms with Crippen LogP contribution in [0.2, 0.25) is 0 Å². The Bertz CT molecular complexity index is 465. The first-order valence-corrected chi connectivity index (χ1v) is 6.30. The van der Waals surface area contributed by atoms with Crippen LogP contribution in [0.15, 0.2) is 48.8 Å². The first-order valence-electron chi connectivity index (χ1n) is 6.30. The molecule has 1 aromatic carbocycles. The summed E-state index contributed by atoms with van der Waals surface area (Å²) in [5.74, 6) is 5.66. The number of nitrogens with one attached hydrogen (secondary N) is 1. The summed E-state index contributed by atoms with van der Waals surface area (Å²) in [5, 5.41) is 0. The maximum Gasteiger partial charge on any atom is 0.0711 e. The second-order valence-electron chi connectivity index (χ2n) is 4.37. The summed E-state index contributed by atoms with van der Waals surface area (Å²) in [6.07, 6.45) is 5.86. The highest BCUT2D eigenvalue weighted by molar-refractivity contribution is 5.32. The molecule has 3 nitrogen and oxygen atoms in total. The number of benzene rings is 1. The molecule has 0 amide bonds. The quantitative estimate of drug-likeness (QED) is 0.625. The van der Waals surface area contributed by atoms with Crippen LogP contribution in [-0.4, -0.2) is 4.98 Å². The molecule has 3 N–H and O–H groups in total. The van der Waals surface area contributed by atoms with E-state index in [2.05, 4.69) is 41.6 Å². The van der Waals surface area contributed by atoms with Crippen molar-refractivity contribution in [2.24, 2.45) is 5.84 Å². The van der Waals surface area contributed by atoms with Crippen LogP contribution in [0.4, 0.5) is 0 Å². The molecular formula is C15H19N3. The summed E-state index contributed by atoms with van der Waals surface area (Å²) >= 11 is 0. The van der Waals surface area contributed by atoms with Crippen LogP contribution >= 0.6 is 0 Å². The Hall–Kier alpha value is -1.71. The molecule has 1 atom stereocenters. The monoisotopic (exact) mass is 241 g/mol. The molecule has 0 bridgehead atoms. The van der Waals surface area contributed by atoms with Crippen molar-refractivity contribution >= 4 is 0 Å². The molecule has 0 saturated carbocycles. The molecule has 18 heavy (non-hydrogen) atoms. The fraction of sp³-hybridized carbons (Fsp3) is 0.267. The van der Waals surface area contributed by atoms with Gasteiger partial charge in [-0.25, -0.2) is 5.43 Å². The van der Waals surface area contributed by atoms with Gasteiger partial charge in [0.25, 0.3) is 0 Å². The molecule has 1 heterocycles. The molecule has 2 rings (SSSR count). The van der Waals surface area contributed by atoms with E-state index in [9.17, 15) is 0 Å². The number of aryl methyl sites for hydroxylation is 1. The molecule has 94 valence electrons. The molecule has 1 unspecified atom stereocenters. The van der Waals surface area contributed by atoms with Crippen molar-refractivity contribution in [3.05, 3.63) is 65.5 Å². The van der Waals surface area contributed by atoms with Crippen molar-refractivity contribution in [1.29, 1.82) is 0 Å². The van der Waals surface area contributed by atoms with Gasteiger partial charge in [-0.2, -0.15) is 0 Å². The molecule has 0 aliphatic rings. The van der Waals surface area contributed by atoms with E-state index in [1.54, 1.807) is 12.4 Å². The van der Waals surface area contributed by atoms with E-state index in [0.717, 1.165) is 12.0 Å². The van der Waals surface area contributed by atoms with Crippen molar-refractivity contribution < 1.29 is 0 Å². The summed E-state index contributed by atoms with van der Waals surface area (Å²) in [6, 6.07) is 12.6. The van der Waals surface area contributed by atoms with E-state index < -0.39 is 0 Å². The molecule has 0 aliphatic heterocycles. The van der Waals surface area contributed by atoms with Gasteiger partial charge in [0, 0.05) is 12.4 Å². The van der Waals surface area contributed by atoms with Gasteiger partial charge in [0.15, 0.2) is 0 Å². The number of nitrogens with two attached hydrogens (primary N) is 1. The number of nitrogens with zero attached hydrogens (tertiary/aromatic N) is 1. The number of rotatable bonds is 5. The lowest BCUT2D eigenvalue weighted by molar-refractivity contribution is 0.636. The number of hydrogen-bond donors (Lipinski definition) is 2. The Kier molecular flexibility index (Phi) is 4.45. The minimum absolute atomic E-state index is 0.0173. The molecule has 0 saturated heterocycles. The summed E-state index contributed by atoms with van der Waals surface area (Å²) in [4.78, 5) is 4.03. The van der Waals surface area contributed by atoms with Crippen molar-refractivity contribution in [2.45, 2.75) is 25.8 Å². The predicted octanol–water partition coefficient (Wildman–Crippen LogP) is 2.59. The average Bonchev–Trinajstić information content (AvgIpc) is 2.43. The third kappa shape index (κ3) is 2.94. The molecule has 0 spiro atoms. The lowest BCUT2D eigenvalue weighted by atomic mass is 9.98. The fourth-order valence-corrected chi connectivity index (χ4v) is 2.11. The van der Waals surface area contributed by atoms with Crippen molar-refractivity contribution in [3.63, 3.8) is 0 Å². The summed E-state index contributed by atoms with van der Waals surface area (Å²) in [5.41, 5.74) is 6.52. The third-order valence-corrected chi connectivity index (χ3v) is 3.06. The van der Waals surface area contributed by atoms with Crippen LogP contribution in [-0.2, 0) is 6.42 Å². The van der Waals surface area contributed by atoms with E-state index in [1.165, 1.54) is 17.5 Å². The molecule has 0 radical (unpaired) electrons. The van der Waals surface area contributed by atoms with Crippen LogP contribution < -0.4 is 11.3 Å². The lowest BCUT2D eigenvalue weighted by Crippen LogP contribution is -2.28. The second-order valence-corrected chi connectivity index (χ2v) is 4.37. The number of hydrazine groups is 1. The fourth-order valence-electron chi connectivity index (χ4n) is 2.11. The molecule has 2 aromatic rings. The zero-order valence-electron chi connectivity index (χ0n) is 10.6. The Morgan fingerprint density at radius 3 is 2.22 bits per heavy atom. The zero-order valence-corrected chi connectivity index (χ0v) is 10.6. The average molecular weight is 241 g/mol. The molecular weight excluding hydrogens is 222 g/mol. The van der Waals surface area contributed by atoms with Gasteiger partial charge in [0.1, 0.15) is 0 Å². The van der Waals surface area contributed by atoms with Crippen molar-refractivity contribution in [2.75, 3.05) is 0 Å². The smallest absolute Gasteiger partial charge is 0.0711 e. The third-order valence-electron chi connectivity index (χ3n) is 3.06. The van der Waals surface area contributed by atoms with E-state index in [0.29, 0.717) is 0 Å². The number of aromatic nitrogens is 1. The molecule has 3 heteroatoms. The van der Waals surface area contributed by atoms with Crippen LogP contribution in [0.5, 0.6) is 0 Å². The highest BCUT2D eigenvalue weighted by Crippen LogP contribution is 2.21. The van der Waals surface area contributed by atoms with Crippen LogP contribution in [0, 0.1) is 0 Å². The van der Waals surface area contributed by atoms with E-state index in [1.807, 2.05) is 12.1 Å². The Labute approximate surface area is 108 Å². The van der Waals surface area contributed by atoms with Crippen LogP contribution in [0.3, 0.4) is 0 Å². The van der Waals surface area contributed by atoms with Gasteiger partial charge in [0.05, 0.1) is 6.04 Å². The summed E-state index contributed by atoms with van der Waals surface area (Å²) in [6.45, 7) is 2.19. The van der Waals surface area contributed by atoms with Gasteiger partial charge in [-0.15, -0.1) is 0 Å². The van der Waals surface area contributed by atoms with Gasteiger partial charge in [-0.1, -0.05) is 37.6 Å². The largest absolute Gasteiger partial charge is 0.271 e. The van der Waals surface area contributed by atoms with E-state index >= 15 is 0 Å². The minimum atomic E-state index is 0.0173. The van der Waals surface area contributed by atoms with Crippen molar-refractivity contribution in [1.82, 2.24) is 10.4 Å². The standard InChI is InChI=1S/C15H19N3/c1-2-3-12-4-6-13(7-5-12)15(18-16)14-8-10-17-11-9-14/h4-11,15,18H,2-3,16H2,1H3. The highest BCUT2D eigenvalue weighted by Gasteiger charge is 2.11. The Morgan fingerprint density at radius 1 is 1.06 bits per heavy atom. The van der Waals surface area contributed by atoms with Gasteiger partial charge in [0.2, 0.25) is 0 Å². The van der Waals surface area contributed by atoms with Crippen LogP contribution in [0.25, 0.3) is 0 Å². The Balaban J connectivity index is 2.23. The molecule has 0 aliphatic carbocycles. The molecule has 0 fully saturated rings. The molecule has 1 aromatic heterocycles. The summed E-state index contributed by atoms with van der Waals surface area (Å²) in [7, 11) is 0. The lowest BCUT2D eigenvalue weighted by Gasteiger charge is -2.17. The van der Waals surface area contributed by atoms with Gasteiger partial charge < -0.3 is 0 Å². The normalized spacial score (nSPS) is 12.3. The second kappa shape index (κ2) is 6.28. The van der Waals surface area contributed by atoms with Crippen LogP contribution in [0.1, 0.15) is 36.1 Å².